The lowest BCUT2D eigenvalue weighted by Gasteiger charge is -2.34. The predicted molar refractivity (Wildman–Crippen MR) is 111 cm³/mol. The number of amides is 3. The molecule has 1 fully saturated rings. The smallest absolute Gasteiger partial charge is 0.317 e. The topological polar surface area (TPSA) is 65.5 Å². The zero-order chi connectivity index (χ0) is 19.5. The number of nitrogens with one attached hydrogen (secondary N) is 1. The minimum Gasteiger partial charge on any atom is -0.334 e. The summed E-state index contributed by atoms with van der Waals surface area (Å²) < 4.78 is 5.41. The number of aryl methyl sites for hydroxylation is 1. The number of rotatable bonds is 3. The summed E-state index contributed by atoms with van der Waals surface area (Å²) in [5.41, 5.74) is 2.70. The number of fused-ring (bicyclic) bond motifs is 1. The summed E-state index contributed by atoms with van der Waals surface area (Å²) in [6.07, 6.45) is 0. The highest BCUT2D eigenvalue weighted by atomic mass is 32.1. The highest BCUT2D eigenvalue weighted by Gasteiger charge is 2.27. The molecule has 2 aromatic carbocycles. The Labute approximate surface area is 167 Å². The second kappa shape index (κ2) is 7.98. The van der Waals surface area contributed by atoms with Gasteiger partial charge in [0.2, 0.25) is 0 Å². The standard InChI is InChI=1S/C21H22N4O2S/c1-15-7-8-18-17(13-15)19(23-28-18)20(26)24-9-11-25(12-10-24)21(27)22-14-16-5-3-2-4-6-16/h2-8,13H,9-12,14H2,1H3,(H,22,27). The van der Waals surface area contributed by atoms with E-state index < -0.39 is 0 Å². The van der Waals surface area contributed by atoms with Crippen LogP contribution in [0.3, 0.4) is 0 Å². The summed E-state index contributed by atoms with van der Waals surface area (Å²) >= 11 is 1.35. The predicted octanol–water partition coefficient (Wildman–Crippen LogP) is 3.27. The fraction of sp³-hybridized carbons (Fsp3) is 0.286. The fourth-order valence-corrected chi connectivity index (χ4v) is 4.10. The molecule has 0 radical (unpaired) electrons. The van der Waals surface area contributed by atoms with Crippen molar-refractivity contribution >= 4 is 33.6 Å². The maximum Gasteiger partial charge on any atom is 0.317 e. The van der Waals surface area contributed by atoms with Crippen molar-refractivity contribution in [2.75, 3.05) is 26.2 Å². The van der Waals surface area contributed by atoms with Crippen LogP contribution in [-0.4, -0.2) is 52.3 Å². The van der Waals surface area contributed by atoms with E-state index in [9.17, 15) is 9.59 Å². The van der Waals surface area contributed by atoms with Crippen LogP contribution in [0.15, 0.2) is 48.5 Å². The molecule has 0 unspecified atom stereocenters. The quantitative estimate of drug-likeness (QED) is 0.741. The normalized spacial score (nSPS) is 14.3. The van der Waals surface area contributed by atoms with Gasteiger partial charge >= 0.3 is 6.03 Å². The van der Waals surface area contributed by atoms with E-state index in [0.29, 0.717) is 38.4 Å². The second-order valence-electron chi connectivity index (χ2n) is 6.95. The van der Waals surface area contributed by atoms with Gasteiger partial charge in [-0.05, 0) is 36.2 Å². The number of urea groups is 1. The molecule has 4 rings (SSSR count). The first-order valence-corrected chi connectivity index (χ1v) is 10.1. The number of hydrogen-bond donors (Lipinski definition) is 1. The van der Waals surface area contributed by atoms with Crippen LogP contribution in [-0.2, 0) is 6.54 Å². The summed E-state index contributed by atoms with van der Waals surface area (Å²) in [7, 11) is 0. The van der Waals surface area contributed by atoms with Gasteiger partial charge < -0.3 is 15.1 Å². The van der Waals surface area contributed by atoms with Crippen molar-refractivity contribution in [3.05, 3.63) is 65.4 Å². The molecular formula is C21H22N4O2S. The van der Waals surface area contributed by atoms with E-state index in [-0.39, 0.29) is 11.9 Å². The monoisotopic (exact) mass is 394 g/mol. The zero-order valence-corrected chi connectivity index (χ0v) is 16.5. The number of benzene rings is 2. The molecule has 28 heavy (non-hydrogen) atoms. The van der Waals surface area contributed by atoms with Gasteiger partial charge in [-0.2, -0.15) is 4.37 Å². The molecule has 1 aromatic heterocycles. The van der Waals surface area contributed by atoms with Crippen LogP contribution in [0.1, 0.15) is 21.6 Å². The third kappa shape index (κ3) is 3.84. The van der Waals surface area contributed by atoms with Gasteiger partial charge in [0, 0.05) is 38.1 Å². The van der Waals surface area contributed by atoms with Crippen molar-refractivity contribution in [1.82, 2.24) is 19.5 Å². The van der Waals surface area contributed by atoms with Crippen molar-refractivity contribution in [2.45, 2.75) is 13.5 Å². The molecule has 1 aliphatic heterocycles. The van der Waals surface area contributed by atoms with E-state index in [2.05, 4.69) is 9.69 Å². The van der Waals surface area contributed by atoms with Gasteiger partial charge in [-0.15, -0.1) is 0 Å². The zero-order valence-electron chi connectivity index (χ0n) is 15.7. The third-order valence-corrected chi connectivity index (χ3v) is 5.80. The second-order valence-corrected chi connectivity index (χ2v) is 7.76. The van der Waals surface area contributed by atoms with Crippen molar-refractivity contribution in [3.63, 3.8) is 0 Å². The average molecular weight is 395 g/mol. The van der Waals surface area contributed by atoms with Crippen molar-refractivity contribution < 1.29 is 9.59 Å². The Bertz CT molecular complexity index is 994. The van der Waals surface area contributed by atoms with Crippen LogP contribution in [0, 0.1) is 6.92 Å². The van der Waals surface area contributed by atoms with Crippen molar-refractivity contribution in [3.8, 4) is 0 Å². The first-order valence-electron chi connectivity index (χ1n) is 9.34. The van der Waals surface area contributed by atoms with Gasteiger partial charge in [-0.3, -0.25) is 4.79 Å². The van der Waals surface area contributed by atoms with Crippen LogP contribution < -0.4 is 5.32 Å². The van der Waals surface area contributed by atoms with Crippen molar-refractivity contribution in [2.24, 2.45) is 0 Å². The van der Waals surface area contributed by atoms with Gasteiger partial charge in [0.05, 0.1) is 4.70 Å². The Morgan fingerprint density at radius 1 is 1.04 bits per heavy atom. The van der Waals surface area contributed by atoms with Gasteiger partial charge in [-0.25, -0.2) is 4.79 Å². The summed E-state index contributed by atoms with van der Waals surface area (Å²) in [4.78, 5) is 28.9. The molecular weight excluding hydrogens is 372 g/mol. The van der Waals surface area contributed by atoms with Gasteiger partial charge in [0.15, 0.2) is 0 Å². The molecule has 144 valence electrons. The molecule has 2 heterocycles. The van der Waals surface area contributed by atoms with E-state index >= 15 is 0 Å². The molecule has 0 atom stereocenters. The molecule has 0 spiro atoms. The van der Waals surface area contributed by atoms with Crippen LogP contribution in [0.5, 0.6) is 0 Å². The average Bonchev–Trinajstić information content (AvgIpc) is 3.15. The largest absolute Gasteiger partial charge is 0.334 e. The lowest BCUT2D eigenvalue weighted by molar-refractivity contribution is 0.0662. The summed E-state index contributed by atoms with van der Waals surface area (Å²) in [6.45, 7) is 4.59. The van der Waals surface area contributed by atoms with Gasteiger partial charge in [0.25, 0.3) is 5.91 Å². The summed E-state index contributed by atoms with van der Waals surface area (Å²) in [5, 5.41) is 3.86. The number of nitrogens with zero attached hydrogens (tertiary/aromatic N) is 3. The molecule has 1 N–H and O–H groups in total. The highest BCUT2D eigenvalue weighted by molar-refractivity contribution is 7.13. The number of hydrogen-bond acceptors (Lipinski definition) is 4. The van der Waals surface area contributed by atoms with Crippen LogP contribution in [0.25, 0.3) is 10.1 Å². The van der Waals surface area contributed by atoms with Crippen LogP contribution in [0.4, 0.5) is 4.79 Å². The van der Waals surface area contributed by atoms with Crippen LogP contribution >= 0.6 is 11.5 Å². The maximum atomic E-state index is 12.9. The molecule has 0 aliphatic carbocycles. The van der Waals surface area contributed by atoms with Crippen LogP contribution in [0.2, 0.25) is 0 Å². The molecule has 3 amide bonds. The van der Waals surface area contributed by atoms with Gasteiger partial charge in [0.1, 0.15) is 5.69 Å². The Morgan fingerprint density at radius 3 is 2.50 bits per heavy atom. The lowest BCUT2D eigenvalue weighted by atomic mass is 10.1. The van der Waals surface area contributed by atoms with E-state index in [1.54, 1.807) is 9.80 Å². The lowest BCUT2D eigenvalue weighted by Crippen LogP contribution is -2.53. The Balaban J connectivity index is 1.35. The Kier molecular flexibility index (Phi) is 5.25. The molecule has 1 aliphatic rings. The maximum absolute atomic E-state index is 12.9. The van der Waals surface area contributed by atoms with Gasteiger partial charge in [-0.1, -0.05) is 42.0 Å². The van der Waals surface area contributed by atoms with E-state index in [4.69, 9.17) is 0 Å². The first-order chi connectivity index (χ1) is 13.6. The number of carbonyl (C=O) groups is 2. The van der Waals surface area contributed by atoms with E-state index in [1.165, 1.54) is 11.5 Å². The minimum atomic E-state index is -0.0920. The van der Waals surface area contributed by atoms with Crippen molar-refractivity contribution in [1.29, 1.82) is 0 Å². The van der Waals surface area contributed by atoms with E-state index in [1.807, 2.05) is 55.5 Å². The molecule has 3 aromatic rings. The Hall–Kier alpha value is -2.93. The summed E-state index contributed by atoms with van der Waals surface area (Å²) in [5.74, 6) is -0.0545. The number of carbonyl (C=O) groups excluding carboxylic acids is 2. The molecule has 7 heteroatoms. The fourth-order valence-electron chi connectivity index (χ4n) is 3.35. The number of piperazine rings is 1. The number of aromatic nitrogens is 1. The third-order valence-electron chi connectivity index (χ3n) is 4.97. The highest BCUT2D eigenvalue weighted by Crippen LogP contribution is 2.25. The minimum absolute atomic E-state index is 0.0545. The van der Waals surface area contributed by atoms with E-state index in [0.717, 1.165) is 21.2 Å². The molecule has 0 saturated carbocycles. The molecule has 1 saturated heterocycles. The first kappa shape index (κ1) is 18.4. The SMILES string of the molecule is Cc1ccc2snc(C(=O)N3CCN(C(=O)NCc4ccccc4)CC3)c2c1. The summed E-state index contributed by atoms with van der Waals surface area (Å²) in [6, 6.07) is 15.8. The molecule has 0 bridgehead atoms. The molecule has 6 nitrogen and oxygen atoms in total. The Morgan fingerprint density at radius 2 is 1.75 bits per heavy atom.